The molecule has 1 saturated heterocycles. The average Bonchev–Trinajstić information content (AvgIpc) is 3.29. The first kappa shape index (κ1) is 27.1. The lowest BCUT2D eigenvalue weighted by atomic mass is 9.94. The van der Waals surface area contributed by atoms with Gasteiger partial charge in [0.2, 0.25) is 5.91 Å². The van der Waals surface area contributed by atoms with E-state index < -0.39 is 5.82 Å². The number of allylic oxidation sites excluding steroid dienone is 1. The van der Waals surface area contributed by atoms with Gasteiger partial charge in [-0.3, -0.25) is 4.79 Å². The normalized spacial score (nSPS) is 14.6. The fraction of sp³-hybridized carbons (Fsp3) is 0.357. The Morgan fingerprint density at radius 2 is 1.97 bits per heavy atom. The van der Waals surface area contributed by atoms with Crippen molar-refractivity contribution in [2.45, 2.75) is 13.8 Å². The van der Waals surface area contributed by atoms with Gasteiger partial charge in [0, 0.05) is 49.7 Å². The van der Waals surface area contributed by atoms with Crippen molar-refractivity contribution < 1.29 is 13.9 Å². The van der Waals surface area contributed by atoms with Gasteiger partial charge in [0.15, 0.2) is 5.82 Å². The first-order chi connectivity index (χ1) is 17.7. The molecule has 2 aromatic carbocycles. The number of likely N-dealkylation sites (N-methyl/N-ethyl adjacent to an activating group) is 1. The molecule has 2 heterocycles. The number of halogens is 2. The third-order valence-corrected chi connectivity index (χ3v) is 7.68. The lowest BCUT2D eigenvalue weighted by Gasteiger charge is -2.34. The number of amides is 1. The first-order valence-electron chi connectivity index (χ1n) is 12.2. The quantitative estimate of drug-likeness (QED) is 0.349. The molecule has 1 amide bonds. The summed E-state index contributed by atoms with van der Waals surface area (Å²) in [6, 6.07) is 5.55. The van der Waals surface area contributed by atoms with Crippen LogP contribution >= 0.6 is 23.1 Å². The van der Waals surface area contributed by atoms with Gasteiger partial charge in [-0.2, -0.15) is 4.37 Å². The standard InChI is InChI=1S/C28H32ClFN4O2S/c1-6-8-20-18(2)15-19(36-5)16-21(20)25-23(29)17-22-27(26(25)30)31-37-28(22)34-13-11-33(12-14-34)24(35)9-7-10-32(3)4/h6-9,15-17H,10-14H2,1-5H3/b8-6-,9-7+. The Kier molecular flexibility index (Phi) is 8.52. The number of hydrogen-bond acceptors (Lipinski definition) is 6. The zero-order valence-electron chi connectivity index (χ0n) is 21.8. The van der Waals surface area contributed by atoms with E-state index in [4.69, 9.17) is 16.3 Å². The zero-order chi connectivity index (χ0) is 26.7. The minimum absolute atomic E-state index is 0.0138. The van der Waals surface area contributed by atoms with Crippen LogP contribution in [-0.2, 0) is 4.79 Å². The van der Waals surface area contributed by atoms with Gasteiger partial charge in [-0.15, -0.1) is 0 Å². The van der Waals surface area contributed by atoms with Crippen molar-refractivity contribution >= 4 is 51.0 Å². The molecule has 1 aliphatic rings. The summed E-state index contributed by atoms with van der Waals surface area (Å²) in [7, 11) is 5.52. The predicted molar refractivity (Wildman–Crippen MR) is 153 cm³/mol. The van der Waals surface area contributed by atoms with E-state index in [1.807, 2.05) is 74.2 Å². The summed E-state index contributed by atoms with van der Waals surface area (Å²) in [6.45, 7) is 7.09. The van der Waals surface area contributed by atoms with Crippen LogP contribution in [0.2, 0.25) is 5.02 Å². The molecule has 1 aromatic heterocycles. The molecule has 1 fully saturated rings. The number of ether oxygens (including phenoxy) is 1. The van der Waals surface area contributed by atoms with Crippen LogP contribution in [0.4, 0.5) is 9.39 Å². The van der Waals surface area contributed by atoms with Gasteiger partial charge in [0.1, 0.15) is 16.3 Å². The van der Waals surface area contributed by atoms with Crippen molar-refractivity contribution in [3.63, 3.8) is 0 Å². The first-order valence-corrected chi connectivity index (χ1v) is 13.3. The lowest BCUT2D eigenvalue weighted by Crippen LogP contribution is -2.48. The minimum atomic E-state index is -0.441. The molecule has 9 heteroatoms. The Hall–Kier alpha value is -2.94. The maximum Gasteiger partial charge on any atom is 0.246 e. The van der Waals surface area contributed by atoms with Crippen LogP contribution in [0.25, 0.3) is 28.1 Å². The number of rotatable bonds is 7. The SMILES string of the molecule is C/C=C\c1c(C)cc(OC)cc1-c1c(Cl)cc2c(N3CCN(C(=O)/C=C/CN(C)C)CC3)snc2c1F. The number of methoxy groups -OCH3 is 1. The Morgan fingerprint density at radius 3 is 2.62 bits per heavy atom. The molecule has 4 rings (SSSR count). The number of carbonyl (C=O) groups excluding carboxylic acids is 1. The van der Waals surface area contributed by atoms with E-state index in [2.05, 4.69) is 9.27 Å². The molecule has 0 spiro atoms. The highest BCUT2D eigenvalue weighted by Crippen LogP contribution is 2.43. The van der Waals surface area contributed by atoms with Gasteiger partial charge in [-0.1, -0.05) is 29.8 Å². The Balaban J connectivity index is 1.64. The smallest absolute Gasteiger partial charge is 0.246 e. The van der Waals surface area contributed by atoms with Crippen LogP contribution in [-0.4, -0.2) is 74.0 Å². The van der Waals surface area contributed by atoms with Crippen LogP contribution in [0, 0.1) is 12.7 Å². The Labute approximate surface area is 226 Å². The summed E-state index contributed by atoms with van der Waals surface area (Å²) in [5.41, 5.74) is 3.14. The van der Waals surface area contributed by atoms with Gasteiger partial charge < -0.3 is 19.4 Å². The number of benzene rings is 2. The number of aryl methyl sites for hydroxylation is 1. The van der Waals surface area contributed by atoms with Gasteiger partial charge in [-0.25, -0.2) is 4.39 Å². The Morgan fingerprint density at radius 1 is 1.24 bits per heavy atom. The zero-order valence-corrected chi connectivity index (χ0v) is 23.4. The number of anilines is 1. The summed E-state index contributed by atoms with van der Waals surface area (Å²) in [5, 5.41) is 1.88. The van der Waals surface area contributed by atoms with Crippen LogP contribution < -0.4 is 9.64 Å². The van der Waals surface area contributed by atoms with Crippen LogP contribution in [0.1, 0.15) is 18.1 Å². The fourth-order valence-corrected chi connectivity index (χ4v) is 5.75. The van der Waals surface area contributed by atoms with Gasteiger partial charge in [0.25, 0.3) is 0 Å². The largest absolute Gasteiger partial charge is 0.497 e. The monoisotopic (exact) mass is 542 g/mol. The van der Waals surface area contributed by atoms with E-state index in [1.165, 1.54) is 11.5 Å². The molecule has 1 aliphatic heterocycles. The summed E-state index contributed by atoms with van der Waals surface area (Å²) < 4.78 is 26.0. The summed E-state index contributed by atoms with van der Waals surface area (Å²) >= 11 is 8.02. The molecule has 0 saturated carbocycles. The summed E-state index contributed by atoms with van der Waals surface area (Å²) in [5.74, 6) is 0.211. The van der Waals surface area contributed by atoms with E-state index in [0.29, 0.717) is 59.0 Å². The van der Waals surface area contributed by atoms with E-state index in [1.54, 1.807) is 13.2 Å². The molecular formula is C28H32ClFN4O2S. The van der Waals surface area contributed by atoms with Crippen molar-refractivity contribution in [3.8, 4) is 16.9 Å². The molecule has 0 aliphatic carbocycles. The second-order valence-electron chi connectivity index (χ2n) is 9.31. The maximum absolute atomic E-state index is 16.0. The van der Waals surface area contributed by atoms with Gasteiger partial charge in [0.05, 0.1) is 12.1 Å². The molecular weight excluding hydrogens is 511 g/mol. The van der Waals surface area contributed by atoms with Crippen molar-refractivity contribution in [3.05, 3.63) is 58.4 Å². The van der Waals surface area contributed by atoms with Crippen LogP contribution in [0.3, 0.4) is 0 Å². The third kappa shape index (κ3) is 5.66. The molecule has 0 unspecified atom stereocenters. The molecule has 0 radical (unpaired) electrons. The van der Waals surface area contributed by atoms with Gasteiger partial charge >= 0.3 is 0 Å². The minimum Gasteiger partial charge on any atom is -0.497 e. The molecule has 3 aromatic rings. The number of hydrogen-bond donors (Lipinski definition) is 0. The third-order valence-electron chi connectivity index (χ3n) is 6.45. The number of piperazine rings is 1. The maximum atomic E-state index is 16.0. The van der Waals surface area contributed by atoms with Crippen molar-refractivity contribution in [1.29, 1.82) is 0 Å². The van der Waals surface area contributed by atoms with Crippen LogP contribution in [0.15, 0.2) is 36.4 Å². The number of nitrogens with zero attached hydrogens (tertiary/aromatic N) is 4. The predicted octanol–water partition coefficient (Wildman–Crippen LogP) is 5.87. The molecule has 6 nitrogen and oxygen atoms in total. The molecule has 196 valence electrons. The highest BCUT2D eigenvalue weighted by atomic mass is 35.5. The molecule has 37 heavy (non-hydrogen) atoms. The molecule has 0 bridgehead atoms. The summed E-state index contributed by atoms with van der Waals surface area (Å²) in [6.07, 6.45) is 7.38. The van der Waals surface area contributed by atoms with Crippen molar-refractivity contribution in [2.24, 2.45) is 0 Å². The highest BCUT2D eigenvalue weighted by molar-refractivity contribution is 7.11. The van der Waals surface area contributed by atoms with E-state index in [0.717, 1.165) is 22.7 Å². The van der Waals surface area contributed by atoms with E-state index in [9.17, 15) is 4.79 Å². The van der Waals surface area contributed by atoms with E-state index in [-0.39, 0.29) is 5.91 Å². The van der Waals surface area contributed by atoms with Crippen LogP contribution in [0.5, 0.6) is 5.75 Å². The second kappa shape index (κ2) is 11.6. The number of fused-ring (bicyclic) bond motifs is 1. The number of aromatic nitrogens is 1. The lowest BCUT2D eigenvalue weighted by molar-refractivity contribution is -0.126. The van der Waals surface area contributed by atoms with Crippen molar-refractivity contribution in [2.75, 3.05) is 58.8 Å². The Bertz CT molecular complexity index is 1360. The fourth-order valence-electron chi connectivity index (χ4n) is 4.55. The second-order valence-corrected chi connectivity index (χ2v) is 10.5. The van der Waals surface area contributed by atoms with Gasteiger partial charge in [-0.05, 0) is 74.4 Å². The van der Waals surface area contributed by atoms with E-state index >= 15 is 4.39 Å². The number of carbonyl (C=O) groups is 1. The molecule has 0 atom stereocenters. The van der Waals surface area contributed by atoms with Crippen molar-refractivity contribution in [1.82, 2.24) is 14.2 Å². The topological polar surface area (TPSA) is 48.9 Å². The molecule has 0 N–H and O–H groups in total. The summed E-state index contributed by atoms with van der Waals surface area (Å²) in [4.78, 5) is 18.5. The average molecular weight is 543 g/mol. The highest BCUT2D eigenvalue weighted by Gasteiger charge is 2.26.